The number of thiocarbonyl (C=S) groups is 1. The van der Waals surface area contributed by atoms with E-state index in [1.165, 1.54) is 0 Å². The van der Waals surface area contributed by atoms with Gasteiger partial charge in [-0.25, -0.2) is 0 Å². The van der Waals surface area contributed by atoms with Crippen LogP contribution in [0.5, 0.6) is 0 Å². The van der Waals surface area contributed by atoms with Crippen LogP contribution in [0.25, 0.3) is 0 Å². The summed E-state index contributed by atoms with van der Waals surface area (Å²) >= 11 is 5.26. The largest absolute Gasteiger partial charge is 0.371 e. The first-order chi connectivity index (χ1) is 6.16. The Balaban J connectivity index is 2.95. The van der Waals surface area contributed by atoms with Gasteiger partial charge in [0.1, 0.15) is 5.72 Å². The fraction of sp³-hybridized carbons (Fsp3) is 0.900. The molecule has 0 radical (unpaired) electrons. The Hall–Kier alpha value is -0.350. The zero-order valence-corrected chi connectivity index (χ0v) is 10.4. The molecule has 0 aliphatic carbocycles. The third-order valence-electron chi connectivity index (χ3n) is 2.48. The van der Waals surface area contributed by atoms with E-state index in [9.17, 15) is 5.11 Å². The van der Waals surface area contributed by atoms with Crippen LogP contribution in [0.15, 0.2) is 0 Å². The van der Waals surface area contributed by atoms with E-state index in [0.29, 0.717) is 11.5 Å². The molecule has 1 saturated heterocycles. The maximum absolute atomic E-state index is 10.3. The summed E-state index contributed by atoms with van der Waals surface area (Å²) in [7, 11) is 0. The summed E-state index contributed by atoms with van der Waals surface area (Å²) in [5.41, 5.74) is -0.980. The van der Waals surface area contributed by atoms with Gasteiger partial charge in [-0.15, -0.1) is 0 Å². The van der Waals surface area contributed by atoms with Gasteiger partial charge in [-0.3, -0.25) is 0 Å². The van der Waals surface area contributed by atoms with E-state index in [0.717, 1.165) is 0 Å². The van der Waals surface area contributed by atoms with E-state index < -0.39 is 5.72 Å². The predicted octanol–water partition coefficient (Wildman–Crippen LogP) is 1.46. The topological polar surface area (TPSA) is 35.5 Å². The maximum Gasteiger partial charge on any atom is 0.171 e. The highest BCUT2D eigenvalue weighted by atomic mass is 32.1. The first-order valence-electron chi connectivity index (χ1n) is 4.99. The van der Waals surface area contributed by atoms with Crippen LogP contribution >= 0.6 is 12.2 Å². The quantitative estimate of drug-likeness (QED) is 0.651. The number of hydrogen-bond acceptors (Lipinski definition) is 2. The number of hydrogen-bond donors (Lipinski definition) is 2. The smallest absolute Gasteiger partial charge is 0.171 e. The molecule has 2 N–H and O–H groups in total. The molecule has 1 unspecified atom stereocenters. The van der Waals surface area contributed by atoms with Gasteiger partial charge in [0, 0.05) is 18.0 Å². The van der Waals surface area contributed by atoms with Crippen LogP contribution in [0.4, 0.5) is 0 Å². The first kappa shape index (κ1) is 11.7. The molecule has 0 aromatic carbocycles. The molecule has 1 atom stereocenters. The summed E-state index contributed by atoms with van der Waals surface area (Å²) in [6.07, 6.45) is 0.665. The monoisotopic (exact) mass is 216 g/mol. The van der Waals surface area contributed by atoms with Gasteiger partial charge >= 0.3 is 0 Å². The van der Waals surface area contributed by atoms with Crippen molar-refractivity contribution < 1.29 is 5.11 Å². The van der Waals surface area contributed by atoms with Crippen molar-refractivity contribution in [1.82, 2.24) is 10.2 Å². The molecule has 1 aliphatic heterocycles. The lowest BCUT2D eigenvalue weighted by atomic mass is 9.89. The fourth-order valence-corrected chi connectivity index (χ4v) is 3.01. The van der Waals surface area contributed by atoms with Crippen molar-refractivity contribution in [1.29, 1.82) is 0 Å². The van der Waals surface area contributed by atoms with Crippen LogP contribution in [0.2, 0.25) is 0 Å². The van der Waals surface area contributed by atoms with Crippen molar-refractivity contribution in [2.24, 2.45) is 0 Å². The van der Waals surface area contributed by atoms with E-state index in [-0.39, 0.29) is 11.6 Å². The third-order valence-corrected chi connectivity index (χ3v) is 2.78. The molecule has 1 aliphatic rings. The zero-order valence-electron chi connectivity index (χ0n) is 9.59. The van der Waals surface area contributed by atoms with E-state index in [2.05, 4.69) is 5.32 Å². The summed E-state index contributed by atoms with van der Waals surface area (Å²) in [6, 6.07) is 0.209. The first-order valence-corrected chi connectivity index (χ1v) is 5.40. The SMILES string of the molecule is CC(C)N1C(=S)NC(C)(C)CC1(C)O. The average Bonchev–Trinajstić information content (AvgIpc) is 1.75. The summed E-state index contributed by atoms with van der Waals surface area (Å²) in [5, 5.41) is 14.2. The Morgan fingerprint density at radius 2 is 1.93 bits per heavy atom. The van der Waals surface area contributed by atoms with Crippen molar-refractivity contribution in [3.8, 4) is 0 Å². The molecule has 0 aromatic rings. The van der Waals surface area contributed by atoms with Crippen LogP contribution in [0.3, 0.4) is 0 Å². The summed E-state index contributed by atoms with van der Waals surface area (Å²) in [6.45, 7) is 9.97. The van der Waals surface area contributed by atoms with Crippen molar-refractivity contribution in [3.63, 3.8) is 0 Å². The minimum Gasteiger partial charge on any atom is -0.371 e. The number of rotatable bonds is 1. The number of aliphatic hydroxyl groups is 1. The minimum atomic E-state index is -0.847. The Morgan fingerprint density at radius 3 is 2.29 bits per heavy atom. The molecule has 82 valence electrons. The van der Waals surface area contributed by atoms with E-state index in [1.54, 1.807) is 0 Å². The van der Waals surface area contributed by atoms with Crippen LogP contribution in [-0.2, 0) is 0 Å². The minimum absolute atomic E-state index is 0.133. The van der Waals surface area contributed by atoms with Crippen molar-refractivity contribution in [2.45, 2.75) is 58.3 Å². The lowest BCUT2D eigenvalue weighted by molar-refractivity contribution is -0.100. The molecular weight excluding hydrogens is 196 g/mol. The number of nitrogens with zero attached hydrogens (tertiary/aromatic N) is 1. The molecule has 3 nitrogen and oxygen atoms in total. The normalized spacial score (nSPS) is 31.9. The van der Waals surface area contributed by atoms with Crippen LogP contribution in [0.1, 0.15) is 41.0 Å². The van der Waals surface area contributed by atoms with Gasteiger partial charge in [0.05, 0.1) is 0 Å². The van der Waals surface area contributed by atoms with Crippen molar-refractivity contribution in [3.05, 3.63) is 0 Å². The van der Waals surface area contributed by atoms with Gasteiger partial charge in [0.2, 0.25) is 0 Å². The highest BCUT2D eigenvalue weighted by molar-refractivity contribution is 7.80. The lowest BCUT2D eigenvalue weighted by Gasteiger charge is -2.51. The summed E-state index contributed by atoms with van der Waals surface area (Å²) in [4.78, 5) is 1.85. The molecule has 1 rings (SSSR count). The Bertz CT molecular complexity index is 249. The zero-order chi connectivity index (χ0) is 11.1. The molecule has 1 fully saturated rings. The summed E-state index contributed by atoms with van der Waals surface area (Å²) < 4.78 is 0. The third kappa shape index (κ3) is 2.17. The fourth-order valence-electron chi connectivity index (χ4n) is 2.33. The molecular formula is C10H20N2OS. The molecule has 0 amide bonds. The molecule has 0 spiro atoms. The van der Waals surface area contributed by atoms with E-state index in [4.69, 9.17) is 12.2 Å². The average molecular weight is 216 g/mol. The van der Waals surface area contributed by atoms with Gasteiger partial charge in [0.25, 0.3) is 0 Å². The van der Waals surface area contributed by atoms with E-state index >= 15 is 0 Å². The standard InChI is InChI=1S/C10H20N2OS/c1-7(2)12-8(14)11-9(3,4)6-10(12,5)13/h7,13H,6H2,1-5H3,(H,11,14). The molecule has 1 heterocycles. The van der Waals surface area contributed by atoms with Crippen LogP contribution in [0, 0.1) is 0 Å². The lowest BCUT2D eigenvalue weighted by Crippen LogP contribution is -2.67. The number of nitrogens with one attached hydrogen (secondary N) is 1. The second kappa shape index (κ2) is 3.35. The Morgan fingerprint density at radius 1 is 1.43 bits per heavy atom. The van der Waals surface area contributed by atoms with Crippen molar-refractivity contribution >= 4 is 17.3 Å². The van der Waals surface area contributed by atoms with Gasteiger partial charge in [-0.05, 0) is 46.8 Å². The molecule has 14 heavy (non-hydrogen) atoms. The second-order valence-electron chi connectivity index (χ2n) is 5.17. The van der Waals surface area contributed by atoms with Crippen molar-refractivity contribution in [2.75, 3.05) is 0 Å². The van der Waals surface area contributed by atoms with E-state index in [1.807, 2.05) is 39.5 Å². The highest BCUT2D eigenvalue weighted by Gasteiger charge is 2.43. The maximum atomic E-state index is 10.3. The summed E-state index contributed by atoms with van der Waals surface area (Å²) in [5.74, 6) is 0. The predicted molar refractivity (Wildman–Crippen MR) is 62.0 cm³/mol. The molecule has 0 saturated carbocycles. The second-order valence-corrected chi connectivity index (χ2v) is 5.56. The van der Waals surface area contributed by atoms with Crippen LogP contribution < -0.4 is 5.32 Å². The Kier molecular flexibility index (Phi) is 2.80. The van der Waals surface area contributed by atoms with Gasteiger partial charge in [0.15, 0.2) is 5.11 Å². The molecule has 0 bridgehead atoms. The molecule has 4 heteroatoms. The van der Waals surface area contributed by atoms with Gasteiger partial charge < -0.3 is 15.3 Å². The molecule has 0 aromatic heterocycles. The Labute approximate surface area is 91.5 Å². The van der Waals surface area contributed by atoms with Crippen LogP contribution in [-0.4, -0.2) is 32.4 Å². The van der Waals surface area contributed by atoms with Gasteiger partial charge in [-0.1, -0.05) is 0 Å². The highest BCUT2D eigenvalue weighted by Crippen LogP contribution is 2.30. The van der Waals surface area contributed by atoms with Gasteiger partial charge in [-0.2, -0.15) is 0 Å².